The van der Waals surface area contributed by atoms with E-state index in [1.54, 1.807) is 17.1 Å². The van der Waals surface area contributed by atoms with Gasteiger partial charge in [0.05, 0.1) is 5.75 Å². The summed E-state index contributed by atoms with van der Waals surface area (Å²) in [7, 11) is 0. The molecule has 102 valence electrons. The second-order valence-corrected chi connectivity index (χ2v) is 5.21. The standard InChI is InChI=1S/C15H20N2OS/c1-4-8-17(9-5-2)15(18)11-19-14-7-6-13(16)10-12(14)3/h4-7,10H,1-2,8-9,11,16H2,3H3. The van der Waals surface area contributed by atoms with E-state index in [1.165, 1.54) is 11.8 Å². The summed E-state index contributed by atoms with van der Waals surface area (Å²) < 4.78 is 0. The number of carbonyl (C=O) groups is 1. The van der Waals surface area contributed by atoms with Crippen LogP contribution < -0.4 is 5.73 Å². The molecule has 2 N–H and O–H groups in total. The number of hydrogen-bond donors (Lipinski definition) is 1. The van der Waals surface area contributed by atoms with Crippen LogP contribution in [0.2, 0.25) is 0 Å². The van der Waals surface area contributed by atoms with Gasteiger partial charge in [0.2, 0.25) is 5.91 Å². The topological polar surface area (TPSA) is 46.3 Å². The Bertz CT molecular complexity index is 461. The van der Waals surface area contributed by atoms with Gasteiger partial charge in [-0.15, -0.1) is 24.9 Å². The minimum absolute atomic E-state index is 0.0843. The maximum atomic E-state index is 12.1. The second-order valence-electron chi connectivity index (χ2n) is 4.19. The summed E-state index contributed by atoms with van der Waals surface area (Å²) in [5, 5.41) is 0. The lowest BCUT2D eigenvalue weighted by Crippen LogP contribution is -2.32. The lowest BCUT2D eigenvalue weighted by molar-refractivity contribution is -0.127. The molecule has 0 aliphatic carbocycles. The molecule has 0 saturated heterocycles. The number of amides is 1. The predicted molar refractivity (Wildman–Crippen MR) is 83.3 cm³/mol. The summed E-state index contributed by atoms with van der Waals surface area (Å²) in [4.78, 5) is 14.9. The summed E-state index contributed by atoms with van der Waals surface area (Å²) in [6.07, 6.45) is 3.45. The molecule has 1 amide bonds. The van der Waals surface area contributed by atoms with Crippen molar-refractivity contribution in [3.63, 3.8) is 0 Å². The molecule has 4 heteroatoms. The van der Waals surface area contributed by atoms with E-state index < -0.39 is 0 Å². The Labute approximate surface area is 119 Å². The van der Waals surface area contributed by atoms with Crippen LogP contribution in [-0.2, 0) is 4.79 Å². The Balaban J connectivity index is 2.61. The van der Waals surface area contributed by atoms with Crippen molar-refractivity contribution in [2.75, 3.05) is 24.6 Å². The van der Waals surface area contributed by atoms with Crippen molar-refractivity contribution in [2.24, 2.45) is 0 Å². The highest BCUT2D eigenvalue weighted by Crippen LogP contribution is 2.24. The zero-order chi connectivity index (χ0) is 14.3. The van der Waals surface area contributed by atoms with Crippen molar-refractivity contribution in [1.29, 1.82) is 0 Å². The third kappa shape index (κ3) is 4.83. The van der Waals surface area contributed by atoms with Crippen LogP contribution in [0.5, 0.6) is 0 Å². The number of rotatable bonds is 7. The Kier molecular flexibility index (Phi) is 6.22. The fourth-order valence-corrected chi connectivity index (χ4v) is 2.57. The van der Waals surface area contributed by atoms with Gasteiger partial charge < -0.3 is 10.6 Å². The average molecular weight is 276 g/mol. The minimum Gasteiger partial charge on any atom is -0.399 e. The average Bonchev–Trinajstić information content (AvgIpc) is 2.37. The molecule has 3 nitrogen and oxygen atoms in total. The van der Waals surface area contributed by atoms with Crippen molar-refractivity contribution < 1.29 is 4.79 Å². The third-order valence-electron chi connectivity index (χ3n) is 2.60. The monoisotopic (exact) mass is 276 g/mol. The van der Waals surface area contributed by atoms with E-state index in [0.717, 1.165) is 16.1 Å². The highest BCUT2D eigenvalue weighted by molar-refractivity contribution is 8.00. The Morgan fingerprint density at radius 1 is 1.37 bits per heavy atom. The summed E-state index contributed by atoms with van der Waals surface area (Å²) in [6.45, 7) is 10.4. The predicted octanol–water partition coefficient (Wildman–Crippen LogP) is 2.87. The van der Waals surface area contributed by atoms with Crippen molar-refractivity contribution in [3.8, 4) is 0 Å². The molecule has 0 atom stereocenters. The molecule has 0 saturated carbocycles. The summed E-state index contributed by atoms with van der Waals surface area (Å²) in [6, 6.07) is 5.72. The van der Waals surface area contributed by atoms with E-state index in [2.05, 4.69) is 13.2 Å². The lowest BCUT2D eigenvalue weighted by atomic mass is 10.2. The number of carbonyl (C=O) groups excluding carboxylic acids is 1. The van der Waals surface area contributed by atoms with Gasteiger partial charge in [0.15, 0.2) is 0 Å². The van der Waals surface area contributed by atoms with Crippen LogP contribution in [0.25, 0.3) is 0 Å². The van der Waals surface area contributed by atoms with E-state index in [-0.39, 0.29) is 5.91 Å². The molecule has 0 bridgehead atoms. The molecule has 0 aliphatic heterocycles. The normalized spacial score (nSPS) is 9.95. The molecule has 0 unspecified atom stereocenters. The van der Waals surface area contributed by atoms with Gasteiger partial charge >= 0.3 is 0 Å². The van der Waals surface area contributed by atoms with Crippen LogP contribution in [0.1, 0.15) is 5.56 Å². The number of hydrogen-bond acceptors (Lipinski definition) is 3. The molecular weight excluding hydrogens is 256 g/mol. The molecule has 1 rings (SSSR count). The minimum atomic E-state index is 0.0843. The first kappa shape index (κ1) is 15.4. The molecule has 0 heterocycles. The van der Waals surface area contributed by atoms with Crippen LogP contribution >= 0.6 is 11.8 Å². The number of thioether (sulfide) groups is 1. The quantitative estimate of drug-likeness (QED) is 0.473. The number of benzene rings is 1. The molecule has 19 heavy (non-hydrogen) atoms. The molecule has 0 radical (unpaired) electrons. The number of anilines is 1. The number of nitrogens with zero attached hydrogens (tertiary/aromatic N) is 1. The van der Waals surface area contributed by atoms with Crippen molar-refractivity contribution >= 4 is 23.4 Å². The first-order valence-electron chi connectivity index (χ1n) is 6.07. The van der Waals surface area contributed by atoms with Crippen LogP contribution in [0.4, 0.5) is 5.69 Å². The molecule has 1 aromatic rings. The largest absolute Gasteiger partial charge is 0.399 e. The van der Waals surface area contributed by atoms with Gasteiger partial charge in [0.1, 0.15) is 0 Å². The maximum absolute atomic E-state index is 12.1. The van der Waals surface area contributed by atoms with Gasteiger partial charge in [0, 0.05) is 23.7 Å². The lowest BCUT2D eigenvalue weighted by Gasteiger charge is -2.19. The first-order chi connectivity index (χ1) is 9.08. The summed E-state index contributed by atoms with van der Waals surface area (Å²) in [5.74, 6) is 0.493. The van der Waals surface area contributed by atoms with E-state index in [9.17, 15) is 4.79 Å². The van der Waals surface area contributed by atoms with Gasteiger partial charge in [-0.3, -0.25) is 4.79 Å². The zero-order valence-electron chi connectivity index (χ0n) is 11.3. The maximum Gasteiger partial charge on any atom is 0.233 e. The zero-order valence-corrected chi connectivity index (χ0v) is 12.1. The SMILES string of the molecule is C=CCN(CC=C)C(=O)CSc1ccc(N)cc1C. The first-order valence-corrected chi connectivity index (χ1v) is 7.05. The summed E-state index contributed by atoms with van der Waals surface area (Å²) >= 11 is 1.53. The molecule has 0 aliphatic rings. The third-order valence-corrected chi connectivity index (χ3v) is 3.76. The second kappa shape index (κ2) is 7.69. The van der Waals surface area contributed by atoms with Gasteiger partial charge in [-0.25, -0.2) is 0 Å². The van der Waals surface area contributed by atoms with Crippen LogP contribution in [0.15, 0.2) is 48.4 Å². The van der Waals surface area contributed by atoms with Gasteiger partial charge in [-0.2, -0.15) is 0 Å². The molecule has 1 aromatic carbocycles. The van der Waals surface area contributed by atoms with Crippen molar-refractivity contribution in [1.82, 2.24) is 4.90 Å². The number of nitrogens with two attached hydrogens (primary N) is 1. The van der Waals surface area contributed by atoms with Crippen LogP contribution in [-0.4, -0.2) is 29.6 Å². The van der Waals surface area contributed by atoms with E-state index in [4.69, 9.17) is 5.73 Å². The number of nitrogen functional groups attached to an aromatic ring is 1. The highest BCUT2D eigenvalue weighted by Gasteiger charge is 2.11. The smallest absolute Gasteiger partial charge is 0.233 e. The molecule has 0 spiro atoms. The van der Waals surface area contributed by atoms with Crippen molar-refractivity contribution in [3.05, 3.63) is 49.1 Å². The highest BCUT2D eigenvalue weighted by atomic mass is 32.2. The Morgan fingerprint density at radius 2 is 2.00 bits per heavy atom. The van der Waals surface area contributed by atoms with Crippen LogP contribution in [0, 0.1) is 6.92 Å². The summed E-state index contributed by atoms with van der Waals surface area (Å²) in [5.41, 5.74) is 7.54. The van der Waals surface area contributed by atoms with Gasteiger partial charge in [-0.05, 0) is 30.7 Å². The fraction of sp³-hybridized carbons (Fsp3) is 0.267. The van der Waals surface area contributed by atoms with E-state index >= 15 is 0 Å². The van der Waals surface area contributed by atoms with Crippen molar-refractivity contribution in [2.45, 2.75) is 11.8 Å². The molecule has 0 fully saturated rings. The fourth-order valence-electron chi connectivity index (χ4n) is 1.66. The Morgan fingerprint density at radius 3 is 2.53 bits per heavy atom. The van der Waals surface area contributed by atoms with E-state index in [1.807, 2.05) is 25.1 Å². The Hall–Kier alpha value is -1.68. The van der Waals surface area contributed by atoms with E-state index in [0.29, 0.717) is 18.8 Å². The molecular formula is C15H20N2OS. The van der Waals surface area contributed by atoms with Crippen LogP contribution in [0.3, 0.4) is 0 Å². The van der Waals surface area contributed by atoms with Gasteiger partial charge in [-0.1, -0.05) is 12.2 Å². The molecule has 0 aromatic heterocycles. The number of aryl methyl sites for hydroxylation is 1. The van der Waals surface area contributed by atoms with Gasteiger partial charge in [0.25, 0.3) is 0 Å².